The van der Waals surface area contributed by atoms with Gasteiger partial charge in [-0.05, 0) is 49.4 Å². The molecule has 0 bridgehead atoms. The van der Waals surface area contributed by atoms with Gasteiger partial charge < -0.3 is 14.4 Å². The summed E-state index contributed by atoms with van der Waals surface area (Å²) < 4.78 is 29.8. The number of aryl methyl sites for hydroxylation is 1. The van der Waals surface area contributed by atoms with Crippen LogP contribution in [0, 0.1) is 0 Å². The zero-order valence-corrected chi connectivity index (χ0v) is 21.9. The Labute approximate surface area is 220 Å². The number of benzene rings is 2. The molecule has 192 valence electrons. The van der Waals surface area contributed by atoms with Crippen molar-refractivity contribution in [3.63, 3.8) is 0 Å². The Bertz CT molecular complexity index is 1510. The van der Waals surface area contributed by atoms with E-state index in [-0.39, 0.29) is 22.7 Å². The highest BCUT2D eigenvalue weighted by Crippen LogP contribution is 2.26. The number of para-hydroxylation sites is 1. The third-order valence-corrected chi connectivity index (χ3v) is 8.26. The van der Waals surface area contributed by atoms with Gasteiger partial charge in [-0.15, -0.1) is 0 Å². The maximum atomic E-state index is 13.1. The highest BCUT2D eigenvalue weighted by molar-refractivity contribution is 7.92. The lowest BCUT2D eigenvalue weighted by Gasteiger charge is -2.41. The minimum atomic E-state index is -3.76. The minimum absolute atomic E-state index is 0.0223. The van der Waals surface area contributed by atoms with E-state index < -0.39 is 10.0 Å². The van der Waals surface area contributed by atoms with Gasteiger partial charge >= 0.3 is 0 Å². The highest BCUT2D eigenvalue weighted by Gasteiger charge is 2.27. The number of carbonyl (C=O) groups is 1. The van der Waals surface area contributed by atoms with Crippen LogP contribution < -0.4 is 9.62 Å². The van der Waals surface area contributed by atoms with Crippen molar-refractivity contribution in [3.8, 4) is 0 Å². The molecule has 0 spiro atoms. The van der Waals surface area contributed by atoms with E-state index in [1.807, 2.05) is 46.9 Å². The van der Waals surface area contributed by atoms with E-state index in [2.05, 4.69) is 19.6 Å². The fourth-order valence-corrected chi connectivity index (χ4v) is 6.01. The fraction of sp³-hybridized carbons (Fsp3) is 0.269. The molecular weight excluding hydrogens is 512 g/mol. The molecule has 1 atom stereocenters. The van der Waals surface area contributed by atoms with Crippen LogP contribution in [0.5, 0.6) is 0 Å². The Hall–Kier alpha value is -3.63. The number of carbonyl (C=O) groups excluding carboxylic acids is 1. The number of rotatable bonds is 7. The van der Waals surface area contributed by atoms with Crippen molar-refractivity contribution in [1.82, 2.24) is 19.4 Å². The van der Waals surface area contributed by atoms with E-state index in [1.54, 1.807) is 24.3 Å². The number of anilines is 2. The first-order valence-electron chi connectivity index (χ1n) is 12.0. The molecule has 0 saturated carbocycles. The zero-order chi connectivity index (χ0) is 26.0. The molecule has 11 heteroatoms. The smallest absolute Gasteiger partial charge is 0.263 e. The number of nitrogens with zero attached hydrogens (tertiary/aromatic N) is 5. The van der Waals surface area contributed by atoms with Gasteiger partial charge in [-0.1, -0.05) is 23.7 Å². The summed E-state index contributed by atoms with van der Waals surface area (Å²) >= 11 is 6.37. The lowest BCUT2D eigenvalue weighted by Crippen LogP contribution is -2.54. The molecular formula is C26H27ClN6O3S. The van der Waals surface area contributed by atoms with Gasteiger partial charge in [-0.25, -0.2) is 18.4 Å². The van der Waals surface area contributed by atoms with Crippen LogP contribution in [0.15, 0.2) is 78.2 Å². The summed E-state index contributed by atoms with van der Waals surface area (Å²) in [5, 5.41) is 1.74. The lowest BCUT2D eigenvalue weighted by molar-refractivity contribution is -0.133. The standard InChI is InChI=1S/C26H27ClN6O3S/c1-19-17-32(21-5-7-22(8-6-21)37(35,36)30-24-9-12-28-18-29-24)15-16-33(19)25(34)11-14-31-13-10-20-3-2-4-23(27)26(20)31/h2-10,12-13,18-19H,11,14-17H2,1H3,(H,28,29,30)/t19-/m1/s1. The second-order valence-corrected chi connectivity index (χ2v) is 11.1. The highest BCUT2D eigenvalue weighted by atomic mass is 35.5. The first-order chi connectivity index (χ1) is 17.8. The van der Waals surface area contributed by atoms with E-state index in [9.17, 15) is 13.2 Å². The van der Waals surface area contributed by atoms with Crippen molar-refractivity contribution < 1.29 is 13.2 Å². The number of halogens is 1. The molecule has 1 saturated heterocycles. The van der Waals surface area contributed by atoms with E-state index in [0.29, 0.717) is 37.6 Å². The first-order valence-corrected chi connectivity index (χ1v) is 13.8. The predicted octanol–water partition coefficient (Wildman–Crippen LogP) is 4.01. The Morgan fingerprint density at radius 3 is 2.65 bits per heavy atom. The monoisotopic (exact) mass is 538 g/mol. The number of sulfonamides is 1. The van der Waals surface area contributed by atoms with Crippen molar-refractivity contribution in [3.05, 3.63) is 78.3 Å². The van der Waals surface area contributed by atoms with E-state index in [1.165, 1.54) is 18.6 Å². The van der Waals surface area contributed by atoms with Crippen LogP contribution in [0.3, 0.4) is 0 Å². The summed E-state index contributed by atoms with van der Waals surface area (Å²) in [5.74, 6) is 0.319. The van der Waals surface area contributed by atoms with Crippen LogP contribution in [-0.4, -0.2) is 59.4 Å². The fourth-order valence-electron chi connectivity index (χ4n) is 4.71. The maximum Gasteiger partial charge on any atom is 0.263 e. The van der Waals surface area contributed by atoms with Gasteiger partial charge in [0.25, 0.3) is 10.0 Å². The Kier molecular flexibility index (Phi) is 7.03. The van der Waals surface area contributed by atoms with E-state index in [0.717, 1.165) is 16.6 Å². The Morgan fingerprint density at radius 2 is 1.92 bits per heavy atom. The summed E-state index contributed by atoms with van der Waals surface area (Å²) in [4.78, 5) is 25.0. The molecule has 1 amide bonds. The van der Waals surface area contributed by atoms with Crippen LogP contribution in [0.25, 0.3) is 10.9 Å². The van der Waals surface area contributed by atoms with Crippen LogP contribution in [0.2, 0.25) is 5.02 Å². The van der Waals surface area contributed by atoms with Gasteiger partial charge in [-0.3, -0.25) is 9.52 Å². The summed E-state index contributed by atoms with van der Waals surface area (Å²) in [6.07, 6.45) is 5.12. The van der Waals surface area contributed by atoms with E-state index in [4.69, 9.17) is 11.6 Å². The third kappa shape index (κ3) is 5.40. The molecule has 4 aromatic rings. The minimum Gasteiger partial charge on any atom is -0.368 e. The SMILES string of the molecule is C[C@@H]1CN(c2ccc(S(=O)(=O)Nc3ccncn3)cc2)CCN1C(=O)CCn1ccc2cccc(Cl)c21. The number of hydrogen-bond donors (Lipinski definition) is 1. The van der Waals surface area contributed by atoms with Crippen molar-refractivity contribution in [2.24, 2.45) is 0 Å². The molecule has 37 heavy (non-hydrogen) atoms. The van der Waals surface area contributed by atoms with Crippen molar-refractivity contribution in [2.45, 2.75) is 30.8 Å². The average Bonchev–Trinajstić information content (AvgIpc) is 3.32. The average molecular weight is 539 g/mol. The molecule has 1 aliphatic heterocycles. The molecule has 5 rings (SSSR count). The molecule has 9 nitrogen and oxygen atoms in total. The predicted molar refractivity (Wildman–Crippen MR) is 144 cm³/mol. The number of amides is 1. The largest absolute Gasteiger partial charge is 0.368 e. The second kappa shape index (κ2) is 10.4. The quantitative estimate of drug-likeness (QED) is 0.381. The van der Waals surface area contributed by atoms with Gasteiger partial charge in [0, 0.05) is 62.1 Å². The topological polar surface area (TPSA) is 100 Å². The molecule has 3 heterocycles. The molecule has 2 aromatic carbocycles. The molecule has 0 unspecified atom stereocenters. The maximum absolute atomic E-state index is 13.1. The van der Waals surface area contributed by atoms with Crippen molar-refractivity contribution >= 4 is 49.9 Å². The van der Waals surface area contributed by atoms with Gasteiger partial charge in [0.15, 0.2) is 0 Å². The van der Waals surface area contributed by atoms with Gasteiger partial charge in [0.1, 0.15) is 12.1 Å². The molecule has 0 aliphatic carbocycles. The van der Waals surface area contributed by atoms with Crippen molar-refractivity contribution in [1.29, 1.82) is 0 Å². The van der Waals surface area contributed by atoms with Crippen LogP contribution in [0.4, 0.5) is 11.5 Å². The second-order valence-electron chi connectivity index (χ2n) is 9.01. The Morgan fingerprint density at radius 1 is 1.11 bits per heavy atom. The number of hydrogen-bond acceptors (Lipinski definition) is 6. The third-order valence-electron chi connectivity index (χ3n) is 6.59. The van der Waals surface area contributed by atoms with E-state index >= 15 is 0 Å². The normalized spacial score (nSPS) is 16.2. The summed E-state index contributed by atoms with van der Waals surface area (Å²) in [7, 11) is -3.76. The first kappa shape index (κ1) is 25.0. The molecule has 1 N–H and O–H groups in total. The summed E-state index contributed by atoms with van der Waals surface area (Å²) in [6, 6.07) is 16.1. The number of aromatic nitrogens is 3. The lowest BCUT2D eigenvalue weighted by atomic mass is 10.1. The zero-order valence-electron chi connectivity index (χ0n) is 20.3. The number of piperazine rings is 1. The molecule has 1 fully saturated rings. The number of fused-ring (bicyclic) bond motifs is 1. The molecule has 2 aromatic heterocycles. The van der Waals surface area contributed by atoms with Crippen LogP contribution in [-0.2, 0) is 21.4 Å². The Balaban J connectivity index is 1.19. The summed E-state index contributed by atoms with van der Waals surface area (Å²) in [6.45, 7) is 4.53. The molecule has 1 aliphatic rings. The van der Waals surface area contributed by atoms with Crippen LogP contribution in [0.1, 0.15) is 13.3 Å². The van der Waals surface area contributed by atoms with Gasteiger partial charge in [0.05, 0.1) is 15.4 Å². The molecule has 0 radical (unpaired) electrons. The number of nitrogens with one attached hydrogen (secondary N) is 1. The van der Waals surface area contributed by atoms with Gasteiger partial charge in [-0.2, -0.15) is 0 Å². The van der Waals surface area contributed by atoms with Crippen LogP contribution >= 0.6 is 11.6 Å². The van der Waals surface area contributed by atoms with Crippen molar-refractivity contribution in [2.75, 3.05) is 29.3 Å². The van der Waals surface area contributed by atoms with Gasteiger partial charge in [0.2, 0.25) is 5.91 Å². The summed E-state index contributed by atoms with van der Waals surface area (Å²) in [5.41, 5.74) is 1.86.